The number of nitrogens with zero attached hydrogens (tertiary/aromatic N) is 1. The molecule has 1 amide bonds. The van der Waals surface area contributed by atoms with Crippen LogP contribution >= 0.6 is 0 Å². The number of benzene rings is 5. The van der Waals surface area contributed by atoms with E-state index < -0.39 is 11.9 Å². The second-order valence-electron chi connectivity index (χ2n) is 9.37. The summed E-state index contributed by atoms with van der Waals surface area (Å²) < 4.78 is 22.5. The number of fused-ring (bicyclic) bond motifs is 1. The Morgan fingerprint density at radius 1 is 0.721 bits per heavy atom. The number of hydrogen-bond donors (Lipinski definition) is 1. The zero-order valence-electron chi connectivity index (χ0n) is 23.6. The predicted molar refractivity (Wildman–Crippen MR) is 165 cm³/mol. The maximum Gasteiger partial charge on any atom is 0.343 e. The lowest BCUT2D eigenvalue weighted by atomic mass is 10.0. The van der Waals surface area contributed by atoms with E-state index in [0.717, 1.165) is 16.3 Å². The molecule has 43 heavy (non-hydrogen) atoms. The van der Waals surface area contributed by atoms with Crippen LogP contribution in [0.2, 0.25) is 0 Å². The van der Waals surface area contributed by atoms with Gasteiger partial charge in [0, 0.05) is 5.56 Å². The molecular formula is C35H30N2O6. The number of amides is 1. The fourth-order valence-corrected chi connectivity index (χ4v) is 4.23. The van der Waals surface area contributed by atoms with Crippen molar-refractivity contribution in [1.29, 1.82) is 0 Å². The van der Waals surface area contributed by atoms with Crippen molar-refractivity contribution >= 4 is 28.9 Å². The molecule has 0 fully saturated rings. The Bertz CT molecular complexity index is 1700. The number of rotatable bonds is 12. The molecule has 0 atom stereocenters. The first kappa shape index (κ1) is 28.9. The van der Waals surface area contributed by atoms with E-state index in [1.807, 2.05) is 67.6 Å². The largest absolute Gasteiger partial charge is 0.494 e. The second kappa shape index (κ2) is 14.3. The molecule has 0 aliphatic heterocycles. The maximum absolute atomic E-state index is 12.9. The van der Waals surface area contributed by atoms with Gasteiger partial charge in [0.1, 0.15) is 29.6 Å². The summed E-state index contributed by atoms with van der Waals surface area (Å²) in [6, 6.07) is 34.8. The van der Waals surface area contributed by atoms with Crippen LogP contribution in [0, 0.1) is 0 Å². The number of esters is 1. The summed E-state index contributed by atoms with van der Waals surface area (Å²) in [5.41, 5.74) is 4.47. The van der Waals surface area contributed by atoms with Crippen LogP contribution in [-0.2, 0) is 11.4 Å². The normalized spacial score (nSPS) is 10.8. The first-order valence-electron chi connectivity index (χ1n) is 13.8. The highest BCUT2D eigenvalue weighted by molar-refractivity contribution is 6.04. The molecule has 0 saturated carbocycles. The molecule has 0 bridgehead atoms. The molecule has 5 rings (SSSR count). The van der Waals surface area contributed by atoms with E-state index in [9.17, 15) is 9.59 Å². The van der Waals surface area contributed by atoms with Crippen molar-refractivity contribution in [1.82, 2.24) is 5.43 Å². The van der Waals surface area contributed by atoms with Crippen LogP contribution in [0.3, 0.4) is 0 Å². The van der Waals surface area contributed by atoms with Crippen molar-refractivity contribution in [2.24, 2.45) is 5.10 Å². The van der Waals surface area contributed by atoms with Crippen LogP contribution in [0.25, 0.3) is 10.8 Å². The monoisotopic (exact) mass is 574 g/mol. The van der Waals surface area contributed by atoms with Crippen LogP contribution < -0.4 is 24.4 Å². The van der Waals surface area contributed by atoms with Crippen LogP contribution in [0.15, 0.2) is 120 Å². The molecule has 0 spiro atoms. The second-order valence-corrected chi connectivity index (χ2v) is 9.37. The summed E-state index contributed by atoms with van der Waals surface area (Å²) in [5.74, 6) is 1.21. The lowest BCUT2D eigenvalue weighted by Gasteiger charge is -2.11. The topological polar surface area (TPSA) is 95.5 Å². The number of carbonyl (C=O) groups excluding carboxylic acids is 2. The molecule has 216 valence electrons. The van der Waals surface area contributed by atoms with Gasteiger partial charge in [-0.2, -0.15) is 5.10 Å². The highest BCUT2D eigenvalue weighted by Gasteiger charge is 2.14. The van der Waals surface area contributed by atoms with Crippen molar-refractivity contribution in [2.45, 2.75) is 13.5 Å². The molecule has 0 aromatic heterocycles. The van der Waals surface area contributed by atoms with Gasteiger partial charge < -0.3 is 18.9 Å². The highest BCUT2D eigenvalue weighted by atomic mass is 16.5. The van der Waals surface area contributed by atoms with Crippen LogP contribution in [0.4, 0.5) is 0 Å². The molecule has 1 N–H and O–H groups in total. The lowest BCUT2D eigenvalue weighted by molar-refractivity contribution is -0.123. The van der Waals surface area contributed by atoms with E-state index in [0.29, 0.717) is 47.3 Å². The third-order valence-electron chi connectivity index (χ3n) is 6.36. The summed E-state index contributed by atoms with van der Waals surface area (Å²) in [5, 5.41) is 5.85. The molecular weight excluding hydrogens is 544 g/mol. The molecule has 0 unspecified atom stereocenters. The van der Waals surface area contributed by atoms with E-state index in [2.05, 4.69) is 10.5 Å². The van der Waals surface area contributed by atoms with E-state index in [1.165, 1.54) is 6.21 Å². The standard InChI is InChI=1S/C35H30N2O6/c1-2-40-28-15-12-27(13-16-28)35(39)43-33-21-14-26-10-6-7-11-31(26)32(33)22-36-37-34(38)24-42-30-19-17-29(18-20-30)41-23-25-8-4-3-5-9-25/h3-22H,2,23-24H2,1H3,(H,37,38). The van der Waals surface area contributed by atoms with Gasteiger partial charge >= 0.3 is 5.97 Å². The maximum atomic E-state index is 12.9. The first-order valence-corrected chi connectivity index (χ1v) is 13.8. The SMILES string of the molecule is CCOc1ccc(C(=O)Oc2ccc3ccccc3c2C=NNC(=O)COc2ccc(OCc3ccccc3)cc2)cc1. The summed E-state index contributed by atoms with van der Waals surface area (Å²) >= 11 is 0. The van der Waals surface area contributed by atoms with Gasteiger partial charge in [-0.15, -0.1) is 0 Å². The highest BCUT2D eigenvalue weighted by Crippen LogP contribution is 2.28. The molecule has 0 aliphatic carbocycles. The van der Waals surface area contributed by atoms with Gasteiger partial charge in [-0.1, -0.05) is 60.7 Å². The summed E-state index contributed by atoms with van der Waals surface area (Å²) in [6.45, 7) is 2.64. The molecule has 5 aromatic rings. The Labute approximate surface area is 249 Å². The average molecular weight is 575 g/mol. The number of hydrazone groups is 1. The van der Waals surface area contributed by atoms with E-state index in [-0.39, 0.29) is 6.61 Å². The van der Waals surface area contributed by atoms with Crippen LogP contribution in [-0.4, -0.2) is 31.3 Å². The van der Waals surface area contributed by atoms with Crippen molar-refractivity contribution in [3.8, 4) is 23.0 Å². The molecule has 5 aromatic carbocycles. The summed E-state index contributed by atoms with van der Waals surface area (Å²) in [6.07, 6.45) is 1.46. The molecule has 8 nitrogen and oxygen atoms in total. The minimum atomic E-state index is -0.526. The summed E-state index contributed by atoms with van der Waals surface area (Å²) in [7, 11) is 0. The Kier molecular flexibility index (Phi) is 9.62. The fraction of sp³-hybridized carbons (Fsp3) is 0.114. The van der Waals surface area contributed by atoms with Gasteiger partial charge in [-0.3, -0.25) is 4.79 Å². The van der Waals surface area contributed by atoms with Crippen LogP contribution in [0.1, 0.15) is 28.4 Å². The number of nitrogens with one attached hydrogen (secondary N) is 1. The zero-order chi connectivity index (χ0) is 29.9. The Balaban J connectivity index is 1.19. The molecule has 8 heteroatoms. The molecule has 0 heterocycles. The van der Waals surface area contributed by atoms with Gasteiger partial charge in [0.2, 0.25) is 0 Å². The minimum absolute atomic E-state index is 0.239. The van der Waals surface area contributed by atoms with Gasteiger partial charge in [0.25, 0.3) is 5.91 Å². The fourth-order valence-electron chi connectivity index (χ4n) is 4.23. The van der Waals surface area contributed by atoms with E-state index in [4.69, 9.17) is 18.9 Å². The van der Waals surface area contributed by atoms with Crippen molar-refractivity contribution in [2.75, 3.05) is 13.2 Å². The summed E-state index contributed by atoms with van der Waals surface area (Å²) in [4.78, 5) is 25.3. The van der Waals surface area contributed by atoms with Gasteiger partial charge in [-0.05, 0) is 77.9 Å². The Morgan fingerprint density at radius 3 is 2.12 bits per heavy atom. The van der Waals surface area contributed by atoms with Gasteiger partial charge in [-0.25, -0.2) is 10.2 Å². The van der Waals surface area contributed by atoms with Gasteiger partial charge in [0.15, 0.2) is 6.61 Å². The lowest BCUT2D eigenvalue weighted by Crippen LogP contribution is -2.24. The third-order valence-corrected chi connectivity index (χ3v) is 6.36. The Hall–Kier alpha value is -5.63. The zero-order valence-corrected chi connectivity index (χ0v) is 23.6. The number of carbonyl (C=O) groups is 2. The van der Waals surface area contributed by atoms with Gasteiger partial charge in [0.05, 0.1) is 18.4 Å². The third kappa shape index (κ3) is 7.98. The number of hydrogen-bond acceptors (Lipinski definition) is 7. The molecule has 0 radical (unpaired) electrons. The number of ether oxygens (including phenoxy) is 4. The first-order chi connectivity index (χ1) is 21.1. The van der Waals surface area contributed by atoms with Crippen molar-refractivity contribution < 1.29 is 28.5 Å². The smallest absolute Gasteiger partial charge is 0.343 e. The molecule has 0 aliphatic rings. The molecule has 0 saturated heterocycles. The van der Waals surface area contributed by atoms with Crippen molar-refractivity contribution in [3.05, 3.63) is 132 Å². The minimum Gasteiger partial charge on any atom is -0.494 e. The predicted octanol–water partition coefficient (Wildman–Crippen LogP) is 6.57. The van der Waals surface area contributed by atoms with E-state index in [1.54, 1.807) is 54.6 Å². The van der Waals surface area contributed by atoms with Crippen LogP contribution in [0.5, 0.6) is 23.0 Å². The Morgan fingerprint density at radius 2 is 1.37 bits per heavy atom. The van der Waals surface area contributed by atoms with Crippen molar-refractivity contribution in [3.63, 3.8) is 0 Å². The van der Waals surface area contributed by atoms with E-state index >= 15 is 0 Å². The quantitative estimate of drug-likeness (QED) is 0.0784. The average Bonchev–Trinajstić information content (AvgIpc) is 3.05.